The number of nitriles is 1. The van der Waals surface area contributed by atoms with E-state index in [1.165, 1.54) is 6.20 Å². The van der Waals surface area contributed by atoms with E-state index in [0.29, 0.717) is 30.5 Å². The van der Waals surface area contributed by atoms with Gasteiger partial charge in [-0.3, -0.25) is 0 Å². The number of nitrogens with one attached hydrogen (secondary N) is 2. The van der Waals surface area contributed by atoms with Crippen LogP contribution in [0, 0.1) is 11.3 Å². The molecule has 0 amide bonds. The molecular formula is C19H18N6O2. The van der Waals surface area contributed by atoms with Gasteiger partial charge >= 0.3 is 0 Å². The number of hydrogen-bond acceptors (Lipinski definition) is 8. The fourth-order valence-electron chi connectivity index (χ4n) is 2.22. The van der Waals surface area contributed by atoms with E-state index < -0.39 is 0 Å². The molecule has 1 heterocycles. The van der Waals surface area contributed by atoms with Crippen molar-refractivity contribution in [3.8, 4) is 17.6 Å². The Labute approximate surface area is 156 Å². The van der Waals surface area contributed by atoms with E-state index >= 15 is 0 Å². The lowest BCUT2D eigenvalue weighted by molar-refractivity contribution is 0.331. The van der Waals surface area contributed by atoms with E-state index in [4.69, 9.17) is 14.7 Å². The number of nitrogens with zero attached hydrogens (tertiary/aromatic N) is 4. The van der Waals surface area contributed by atoms with Crippen LogP contribution in [0.15, 0.2) is 54.7 Å². The number of anilines is 3. The van der Waals surface area contributed by atoms with Gasteiger partial charge in [0.05, 0.1) is 31.5 Å². The molecule has 2 aromatic carbocycles. The van der Waals surface area contributed by atoms with Gasteiger partial charge in [0.2, 0.25) is 5.95 Å². The third-order valence-corrected chi connectivity index (χ3v) is 3.57. The van der Waals surface area contributed by atoms with Crippen LogP contribution in [-0.2, 0) is 0 Å². The average Bonchev–Trinajstić information content (AvgIpc) is 2.72. The van der Waals surface area contributed by atoms with Gasteiger partial charge in [0.25, 0.3) is 0 Å². The second-order valence-corrected chi connectivity index (χ2v) is 5.43. The van der Waals surface area contributed by atoms with Gasteiger partial charge in [-0.15, -0.1) is 5.10 Å². The molecule has 0 aliphatic carbocycles. The lowest BCUT2D eigenvalue weighted by Crippen LogP contribution is -2.13. The quantitative estimate of drug-likeness (QED) is 0.589. The van der Waals surface area contributed by atoms with Crippen LogP contribution < -0.4 is 20.1 Å². The highest BCUT2D eigenvalue weighted by molar-refractivity contribution is 5.55. The van der Waals surface area contributed by atoms with Gasteiger partial charge in [-0.1, -0.05) is 0 Å². The standard InChI is InChI=1S/C19H18N6O2/c1-26-16-6-8-17(9-7-16)27-11-10-21-18-13-22-25-19(24-18)23-15-4-2-14(12-20)3-5-15/h2-9,13H,10-11H2,1H3,(H2,21,23,24,25). The first-order valence-corrected chi connectivity index (χ1v) is 8.24. The minimum atomic E-state index is 0.362. The molecule has 3 aromatic rings. The summed E-state index contributed by atoms with van der Waals surface area (Å²) in [6, 6.07) is 16.5. The minimum Gasteiger partial charge on any atom is -0.497 e. The van der Waals surface area contributed by atoms with Crippen molar-refractivity contribution < 1.29 is 9.47 Å². The molecule has 0 radical (unpaired) electrons. The summed E-state index contributed by atoms with van der Waals surface area (Å²) in [6.45, 7) is 1.02. The van der Waals surface area contributed by atoms with Crippen molar-refractivity contribution in [3.63, 3.8) is 0 Å². The second kappa shape index (κ2) is 9.01. The average molecular weight is 362 g/mol. The zero-order valence-corrected chi connectivity index (χ0v) is 14.7. The van der Waals surface area contributed by atoms with E-state index in [1.807, 2.05) is 24.3 Å². The van der Waals surface area contributed by atoms with Gasteiger partial charge < -0.3 is 20.1 Å². The summed E-state index contributed by atoms with van der Waals surface area (Å²) in [6.07, 6.45) is 1.54. The Bertz CT molecular complexity index is 907. The Morgan fingerprint density at radius 1 is 1.04 bits per heavy atom. The summed E-state index contributed by atoms with van der Waals surface area (Å²) < 4.78 is 10.8. The van der Waals surface area contributed by atoms with Crippen LogP contribution in [0.2, 0.25) is 0 Å². The zero-order chi connectivity index (χ0) is 18.9. The number of rotatable bonds is 8. The largest absolute Gasteiger partial charge is 0.497 e. The highest BCUT2D eigenvalue weighted by atomic mass is 16.5. The summed E-state index contributed by atoms with van der Waals surface area (Å²) in [5, 5.41) is 22.9. The number of hydrogen-bond donors (Lipinski definition) is 2. The van der Waals surface area contributed by atoms with Gasteiger partial charge in [0.1, 0.15) is 18.1 Å². The van der Waals surface area contributed by atoms with E-state index in [0.717, 1.165) is 17.2 Å². The highest BCUT2D eigenvalue weighted by Crippen LogP contribution is 2.17. The lowest BCUT2D eigenvalue weighted by atomic mass is 10.2. The molecule has 1 aromatic heterocycles. The maximum atomic E-state index is 8.82. The minimum absolute atomic E-state index is 0.362. The number of aromatic nitrogens is 3. The summed E-state index contributed by atoms with van der Waals surface area (Å²) in [4.78, 5) is 4.34. The highest BCUT2D eigenvalue weighted by Gasteiger charge is 2.02. The Hall–Kier alpha value is -3.86. The van der Waals surface area contributed by atoms with E-state index in [9.17, 15) is 0 Å². The molecule has 8 nitrogen and oxygen atoms in total. The van der Waals surface area contributed by atoms with Crippen LogP contribution in [0.4, 0.5) is 17.5 Å². The van der Waals surface area contributed by atoms with Crippen molar-refractivity contribution >= 4 is 17.5 Å². The topological polar surface area (TPSA) is 105 Å². The Morgan fingerprint density at radius 2 is 1.78 bits per heavy atom. The van der Waals surface area contributed by atoms with Crippen LogP contribution in [-0.4, -0.2) is 35.4 Å². The number of benzene rings is 2. The molecule has 3 rings (SSSR count). The lowest BCUT2D eigenvalue weighted by Gasteiger charge is -2.09. The predicted octanol–water partition coefficient (Wildman–Crippen LogP) is 2.99. The zero-order valence-electron chi connectivity index (χ0n) is 14.7. The third-order valence-electron chi connectivity index (χ3n) is 3.57. The Morgan fingerprint density at radius 3 is 2.48 bits per heavy atom. The molecule has 0 bridgehead atoms. The summed E-state index contributed by atoms with van der Waals surface area (Å²) in [5.41, 5.74) is 1.36. The molecule has 0 aliphatic heterocycles. The van der Waals surface area contributed by atoms with Crippen molar-refractivity contribution in [2.45, 2.75) is 0 Å². The smallest absolute Gasteiger partial charge is 0.249 e. The first-order chi connectivity index (χ1) is 13.3. The summed E-state index contributed by atoms with van der Waals surface area (Å²) in [7, 11) is 1.63. The monoisotopic (exact) mass is 362 g/mol. The molecule has 0 spiro atoms. The molecular weight excluding hydrogens is 344 g/mol. The maximum absolute atomic E-state index is 8.82. The van der Waals surface area contributed by atoms with Crippen molar-refractivity contribution in [3.05, 3.63) is 60.3 Å². The van der Waals surface area contributed by atoms with E-state index in [1.54, 1.807) is 31.4 Å². The van der Waals surface area contributed by atoms with Crippen LogP contribution in [0.1, 0.15) is 5.56 Å². The summed E-state index contributed by atoms with van der Waals surface area (Å²) in [5.74, 6) is 2.50. The molecule has 0 aliphatic rings. The van der Waals surface area contributed by atoms with Gasteiger partial charge in [0, 0.05) is 5.69 Å². The van der Waals surface area contributed by atoms with Gasteiger partial charge in [-0.2, -0.15) is 15.3 Å². The molecule has 0 unspecified atom stereocenters. The number of methoxy groups -OCH3 is 1. The SMILES string of the molecule is COc1ccc(OCCNc2cnnc(Nc3ccc(C#N)cc3)n2)cc1. The van der Waals surface area contributed by atoms with Crippen molar-refractivity contribution in [2.75, 3.05) is 30.9 Å². The normalized spacial score (nSPS) is 9.93. The maximum Gasteiger partial charge on any atom is 0.249 e. The fraction of sp³-hybridized carbons (Fsp3) is 0.158. The first kappa shape index (κ1) is 17.9. The summed E-state index contributed by atoms with van der Waals surface area (Å²) >= 11 is 0. The fourth-order valence-corrected chi connectivity index (χ4v) is 2.22. The molecule has 0 saturated carbocycles. The second-order valence-electron chi connectivity index (χ2n) is 5.43. The molecule has 136 valence electrons. The van der Waals surface area contributed by atoms with E-state index in [2.05, 4.69) is 31.9 Å². The molecule has 8 heteroatoms. The van der Waals surface area contributed by atoms with Gasteiger partial charge in [-0.05, 0) is 48.5 Å². The Kier molecular flexibility index (Phi) is 5.99. The number of ether oxygens (including phenoxy) is 2. The van der Waals surface area contributed by atoms with Gasteiger partial charge in [-0.25, -0.2) is 0 Å². The van der Waals surface area contributed by atoms with Crippen molar-refractivity contribution in [1.82, 2.24) is 15.2 Å². The predicted molar refractivity (Wildman–Crippen MR) is 101 cm³/mol. The van der Waals surface area contributed by atoms with Crippen LogP contribution in [0.3, 0.4) is 0 Å². The third kappa shape index (κ3) is 5.31. The van der Waals surface area contributed by atoms with E-state index in [-0.39, 0.29) is 0 Å². The first-order valence-electron chi connectivity index (χ1n) is 8.24. The van der Waals surface area contributed by atoms with Crippen LogP contribution in [0.25, 0.3) is 0 Å². The molecule has 0 fully saturated rings. The molecule has 2 N–H and O–H groups in total. The van der Waals surface area contributed by atoms with Crippen LogP contribution >= 0.6 is 0 Å². The molecule has 0 atom stereocenters. The van der Waals surface area contributed by atoms with Crippen LogP contribution in [0.5, 0.6) is 11.5 Å². The van der Waals surface area contributed by atoms with Gasteiger partial charge in [0.15, 0.2) is 5.82 Å². The van der Waals surface area contributed by atoms with Crippen molar-refractivity contribution in [2.24, 2.45) is 0 Å². The Balaban J connectivity index is 1.48. The van der Waals surface area contributed by atoms with Crippen molar-refractivity contribution in [1.29, 1.82) is 5.26 Å². The molecule has 27 heavy (non-hydrogen) atoms. The molecule has 0 saturated heterocycles.